The second-order valence-electron chi connectivity index (χ2n) is 4.02. The highest BCUT2D eigenvalue weighted by Crippen LogP contribution is 2.29. The normalized spacial score (nSPS) is 14.4. The van der Waals surface area contributed by atoms with Gasteiger partial charge in [0.2, 0.25) is 0 Å². The van der Waals surface area contributed by atoms with Gasteiger partial charge in [-0.1, -0.05) is 60.7 Å². The van der Waals surface area contributed by atoms with Crippen molar-refractivity contribution in [3.05, 3.63) is 90.4 Å². The van der Waals surface area contributed by atoms with Gasteiger partial charge in [-0.25, -0.2) is 0 Å². The van der Waals surface area contributed by atoms with Crippen LogP contribution >= 0.6 is 0 Å². The van der Waals surface area contributed by atoms with E-state index in [-0.39, 0.29) is 0 Å². The predicted octanol–water partition coefficient (Wildman–Crippen LogP) is 4.18. The Hall–Kier alpha value is -2.28. The average Bonchev–Trinajstić information content (AvgIpc) is 2.49. The highest BCUT2D eigenvalue weighted by molar-refractivity contribution is 5.74. The maximum Gasteiger partial charge on any atom is 0.131 e. The topological polar surface area (TPSA) is 9.23 Å². The molecule has 0 saturated heterocycles. The number of allylic oxidation sites excluding steroid dienone is 2. The lowest BCUT2D eigenvalue weighted by atomic mass is 10.1. The van der Waals surface area contributed by atoms with Crippen molar-refractivity contribution < 1.29 is 4.74 Å². The van der Waals surface area contributed by atoms with E-state index < -0.39 is 0 Å². The molecule has 1 heteroatoms. The number of benzene rings is 2. The van der Waals surface area contributed by atoms with Crippen LogP contribution in [0.2, 0.25) is 0 Å². The first-order chi connectivity index (χ1) is 8.93. The minimum atomic E-state index is 0.831. The molecule has 0 unspecified atom stereocenters. The number of hydrogen-bond donors (Lipinski definition) is 0. The minimum Gasteiger partial charge on any atom is -0.457 e. The van der Waals surface area contributed by atoms with Gasteiger partial charge in [-0.05, 0) is 12.2 Å². The van der Waals surface area contributed by atoms with Crippen LogP contribution in [0, 0.1) is 6.42 Å². The summed E-state index contributed by atoms with van der Waals surface area (Å²) < 4.78 is 5.92. The van der Waals surface area contributed by atoms with Crippen LogP contribution in [-0.4, -0.2) is 0 Å². The van der Waals surface area contributed by atoms with Crippen molar-refractivity contribution in [3.63, 3.8) is 0 Å². The third-order valence-corrected chi connectivity index (χ3v) is 2.77. The maximum absolute atomic E-state index is 5.92. The first-order valence-corrected chi connectivity index (χ1v) is 5.88. The smallest absolute Gasteiger partial charge is 0.131 e. The molecule has 0 bridgehead atoms. The van der Waals surface area contributed by atoms with Crippen molar-refractivity contribution in [1.29, 1.82) is 0 Å². The molecule has 1 nitrogen and oxygen atoms in total. The van der Waals surface area contributed by atoms with Crippen molar-refractivity contribution >= 4 is 11.5 Å². The van der Waals surface area contributed by atoms with Crippen molar-refractivity contribution in [3.8, 4) is 0 Å². The van der Waals surface area contributed by atoms with Gasteiger partial charge in [0.15, 0.2) is 0 Å². The standard InChI is InChI=1S/C17H12O/c1-3-8-14(9-4-1)16-12-7-13-17(18-16)15-10-5-2-6-11-15/h1-6,8-13H. The van der Waals surface area contributed by atoms with E-state index in [0.29, 0.717) is 0 Å². The van der Waals surface area contributed by atoms with E-state index in [1.165, 1.54) is 0 Å². The van der Waals surface area contributed by atoms with Crippen LogP contribution < -0.4 is 0 Å². The molecule has 1 aliphatic rings. The Morgan fingerprint density at radius 3 is 1.50 bits per heavy atom. The summed E-state index contributed by atoms with van der Waals surface area (Å²) in [6.45, 7) is 0. The Bertz CT molecular complexity index is 526. The Morgan fingerprint density at radius 2 is 1.06 bits per heavy atom. The molecule has 86 valence electrons. The molecule has 0 saturated carbocycles. The molecule has 18 heavy (non-hydrogen) atoms. The van der Waals surface area contributed by atoms with Gasteiger partial charge in [-0.15, -0.1) is 0 Å². The summed E-state index contributed by atoms with van der Waals surface area (Å²) in [5.74, 6) is 1.66. The highest BCUT2D eigenvalue weighted by atomic mass is 16.5. The van der Waals surface area contributed by atoms with E-state index in [9.17, 15) is 0 Å². The molecular weight excluding hydrogens is 220 g/mol. The van der Waals surface area contributed by atoms with Crippen molar-refractivity contribution in [2.75, 3.05) is 0 Å². The van der Waals surface area contributed by atoms with E-state index in [4.69, 9.17) is 4.74 Å². The molecule has 2 aromatic rings. The van der Waals surface area contributed by atoms with Crippen LogP contribution in [0.3, 0.4) is 0 Å². The molecule has 2 aromatic carbocycles. The number of rotatable bonds is 2. The number of ether oxygens (including phenoxy) is 1. The maximum atomic E-state index is 5.92. The molecule has 1 aliphatic heterocycles. The van der Waals surface area contributed by atoms with E-state index in [2.05, 4.69) is 6.42 Å². The van der Waals surface area contributed by atoms with Crippen LogP contribution in [0.15, 0.2) is 72.8 Å². The van der Waals surface area contributed by atoms with Crippen LogP contribution in [0.4, 0.5) is 0 Å². The van der Waals surface area contributed by atoms with E-state index in [1.54, 1.807) is 0 Å². The Kier molecular flexibility index (Phi) is 2.97. The Balaban J connectivity index is 1.85. The second-order valence-corrected chi connectivity index (χ2v) is 4.02. The summed E-state index contributed by atoms with van der Waals surface area (Å²) >= 11 is 0. The molecule has 2 radical (unpaired) electrons. The molecule has 0 aliphatic carbocycles. The van der Waals surface area contributed by atoms with E-state index in [0.717, 1.165) is 22.6 Å². The van der Waals surface area contributed by atoms with Crippen LogP contribution in [-0.2, 0) is 4.74 Å². The summed E-state index contributed by atoms with van der Waals surface area (Å²) in [5, 5.41) is 0. The molecule has 0 aromatic heterocycles. The summed E-state index contributed by atoms with van der Waals surface area (Å²) in [4.78, 5) is 0. The van der Waals surface area contributed by atoms with Gasteiger partial charge in [0, 0.05) is 17.5 Å². The Labute approximate surface area is 107 Å². The fourth-order valence-electron chi connectivity index (χ4n) is 1.86. The molecule has 0 amide bonds. The fraction of sp³-hybridized carbons (Fsp3) is 0. The lowest BCUT2D eigenvalue weighted by Gasteiger charge is -2.17. The third kappa shape index (κ3) is 2.21. The van der Waals surface area contributed by atoms with Gasteiger partial charge in [0.1, 0.15) is 11.5 Å². The van der Waals surface area contributed by atoms with Crippen molar-refractivity contribution in [2.45, 2.75) is 0 Å². The largest absolute Gasteiger partial charge is 0.457 e. The van der Waals surface area contributed by atoms with Gasteiger partial charge in [-0.3, -0.25) is 0 Å². The molecular formula is C17H12O. The van der Waals surface area contributed by atoms with Gasteiger partial charge in [-0.2, -0.15) is 0 Å². The van der Waals surface area contributed by atoms with E-state index >= 15 is 0 Å². The molecule has 0 N–H and O–H groups in total. The third-order valence-electron chi connectivity index (χ3n) is 2.77. The summed E-state index contributed by atoms with van der Waals surface area (Å²) in [6, 6.07) is 20.1. The zero-order chi connectivity index (χ0) is 12.2. The first-order valence-electron chi connectivity index (χ1n) is 5.88. The molecule has 0 atom stereocenters. The van der Waals surface area contributed by atoms with Crippen LogP contribution in [0.1, 0.15) is 11.1 Å². The SMILES string of the molecule is [C]1C=C(c2ccccc2)OC(c2ccccc2)=C1. The van der Waals surface area contributed by atoms with Gasteiger partial charge >= 0.3 is 0 Å². The molecule has 0 spiro atoms. The monoisotopic (exact) mass is 232 g/mol. The number of hydrogen-bond acceptors (Lipinski definition) is 1. The lowest BCUT2D eigenvalue weighted by Crippen LogP contribution is -1.97. The predicted molar refractivity (Wildman–Crippen MR) is 73.2 cm³/mol. The molecule has 0 fully saturated rings. The van der Waals surface area contributed by atoms with Crippen molar-refractivity contribution in [2.24, 2.45) is 0 Å². The van der Waals surface area contributed by atoms with Crippen LogP contribution in [0.25, 0.3) is 11.5 Å². The van der Waals surface area contributed by atoms with Gasteiger partial charge in [0.05, 0.1) is 0 Å². The highest BCUT2D eigenvalue weighted by Gasteiger charge is 2.11. The Morgan fingerprint density at radius 1 is 0.611 bits per heavy atom. The fourth-order valence-corrected chi connectivity index (χ4v) is 1.86. The quantitative estimate of drug-likeness (QED) is 0.754. The average molecular weight is 232 g/mol. The molecule has 1 heterocycles. The van der Waals surface area contributed by atoms with Crippen LogP contribution in [0.5, 0.6) is 0 Å². The first kappa shape index (κ1) is 10.8. The zero-order valence-electron chi connectivity index (χ0n) is 9.84. The summed E-state index contributed by atoms with van der Waals surface area (Å²) in [6.07, 6.45) is 6.86. The van der Waals surface area contributed by atoms with Gasteiger partial charge in [0.25, 0.3) is 0 Å². The zero-order valence-corrected chi connectivity index (χ0v) is 9.84. The lowest BCUT2D eigenvalue weighted by molar-refractivity contribution is 0.466. The summed E-state index contributed by atoms with van der Waals surface area (Å²) in [7, 11) is 0. The van der Waals surface area contributed by atoms with E-state index in [1.807, 2.05) is 72.8 Å². The van der Waals surface area contributed by atoms with Crippen molar-refractivity contribution in [1.82, 2.24) is 0 Å². The second kappa shape index (κ2) is 4.92. The van der Waals surface area contributed by atoms with Gasteiger partial charge < -0.3 is 4.74 Å². The summed E-state index contributed by atoms with van der Waals surface area (Å²) in [5.41, 5.74) is 2.12. The molecule has 3 rings (SSSR count). The minimum absolute atomic E-state index is 0.831.